The van der Waals surface area contributed by atoms with E-state index >= 15 is 0 Å². The van der Waals surface area contributed by atoms with Gasteiger partial charge in [0.2, 0.25) is 11.8 Å². The van der Waals surface area contributed by atoms with Crippen molar-refractivity contribution in [2.75, 3.05) is 24.3 Å². The summed E-state index contributed by atoms with van der Waals surface area (Å²) in [7, 11) is 1.52. The zero-order chi connectivity index (χ0) is 13.1. The molecule has 1 unspecified atom stereocenters. The van der Waals surface area contributed by atoms with E-state index in [1.165, 1.54) is 13.4 Å². The Hall–Kier alpha value is -1.85. The van der Waals surface area contributed by atoms with Crippen molar-refractivity contribution in [3.63, 3.8) is 0 Å². The molecule has 1 atom stereocenters. The van der Waals surface area contributed by atoms with Gasteiger partial charge in [0.1, 0.15) is 12.0 Å². The van der Waals surface area contributed by atoms with Crippen LogP contribution in [0.25, 0.3) is 0 Å². The van der Waals surface area contributed by atoms with Crippen LogP contribution >= 0.6 is 0 Å². The number of fused-ring (bicyclic) bond motifs is 1. The molecule has 1 aliphatic rings. The molecule has 0 spiro atoms. The summed E-state index contributed by atoms with van der Waals surface area (Å²) in [5.41, 5.74) is 0.524. The Bertz CT molecular complexity index is 448. The van der Waals surface area contributed by atoms with Gasteiger partial charge in [-0.1, -0.05) is 13.8 Å². The monoisotopic (exact) mass is 250 g/mol. The molecule has 0 saturated carbocycles. The van der Waals surface area contributed by atoms with Gasteiger partial charge < -0.3 is 15.4 Å². The molecule has 6 heteroatoms. The van der Waals surface area contributed by atoms with Crippen molar-refractivity contribution in [3.8, 4) is 5.88 Å². The minimum absolute atomic E-state index is 0.0111. The number of aromatic nitrogens is 2. The Labute approximate surface area is 106 Å². The standard InChI is InChI=1S/C12H18N4O2/c1-7(2)4-8-5-13-10-9(16-11(8)17)12(18-3)15-6-14-10/h6-8H,4-5H2,1-3H3,(H,16,17)(H,13,14,15). The molecule has 2 N–H and O–H groups in total. The summed E-state index contributed by atoms with van der Waals surface area (Å²) >= 11 is 0. The van der Waals surface area contributed by atoms with Crippen LogP contribution in [0.5, 0.6) is 5.88 Å². The summed E-state index contributed by atoms with van der Waals surface area (Å²) < 4.78 is 5.13. The molecular formula is C12H18N4O2. The van der Waals surface area contributed by atoms with E-state index in [9.17, 15) is 4.79 Å². The molecule has 0 saturated heterocycles. The second-order valence-corrected chi connectivity index (χ2v) is 4.80. The summed E-state index contributed by atoms with van der Waals surface area (Å²) in [4.78, 5) is 20.2. The first-order valence-corrected chi connectivity index (χ1v) is 6.05. The fraction of sp³-hybridized carbons (Fsp3) is 0.583. The molecule has 2 heterocycles. The maximum atomic E-state index is 12.1. The number of hydrogen-bond acceptors (Lipinski definition) is 5. The lowest BCUT2D eigenvalue weighted by molar-refractivity contribution is -0.119. The van der Waals surface area contributed by atoms with Crippen molar-refractivity contribution in [1.29, 1.82) is 0 Å². The van der Waals surface area contributed by atoms with Gasteiger partial charge in [-0.05, 0) is 12.3 Å². The predicted molar refractivity (Wildman–Crippen MR) is 68.6 cm³/mol. The lowest BCUT2D eigenvalue weighted by Crippen LogP contribution is -2.27. The molecule has 1 aromatic rings. The quantitative estimate of drug-likeness (QED) is 0.850. The van der Waals surface area contributed by atoms with Crippen LogP contribution in [0, 0.1) is 11.8 Å². The predicted octanol–water partition coefficient (Wildman–Crippen LogP) is 1.51. The van der Waals surface area contributed by atoms with Crippen molar-refractivity contribution >= 4 is 17.4 Å². The summed E-state index contributed by atoms with van der Waals surface area (Å²) in [6.45, 7) is 4.79. The Morgan fingerprint density at radius 1 is 1.50 bits per heavy atom. The summed E-state index contributed by atoms with van der Waals surface area (Å²) in [5.74, 6) is 1.39. The van der Waals surface area contributed by atoms with Gasteiger partial charge in [0.05, 0.1) is 13.0 Å². The zero-order valence-corrected chi connectivity index (χ0v) is 10.9. The third-order valence-corrected chi connectivity index (χ3v) is 2.90. The molecule has 0 radical (unpaired) electrons. The number of ether oxygens (including phenoxy) is 1. The summed E-state index contributed by atoms with van der Waals surface area (Å²) in [5, 5.41) is 6.02. The van der Waals surface area contributed by atoms with Crippen molar-refractivity contribution in [2.45, 2.75) is 20.3 Å². The highest BCUT2D eigenvalue weighted by Gasteiger charge is 2.26. The minimum atomic E-state index is -0.0658. The third kappa shape index (κ3) is 2.52. The van der Waals surface area contributed by atoms with E-state index in [2.05, 4.69) is 34.4 Å². The van der Waals surface area contributed by atoms with Gasteiger partial charge in [0, 0.05) is 6.54 Å². The van der Waals surface area contributed by atoms with Crippen LogP contribution < -0.4 is 15.4 Å². The molecule has 1 amide bonds. The van der Waals surface area contributed by atoms with Crippen LogP contribution in [-0.2, 0) is 4.79 Å². The topological polar surface area (TPSA) is 76.1 Å². The highest BCUT2D eigenvalue weighted by molar-refractivity contribution is 5.98. The molecule has 0 aliphatic carbocycles. The number of nitrogens with one attached hydrogen (secondary N) is 2. The second-order valence-electron chi connectivity index (χ2n) is 4.80. The van der Waals surface area contributed by atoms with Crippen LogP contribution in [0.2, 0.25) is 0 Å². The Kier molecular flexibility index (Phi) is 3.64. The number of carbonyl (C=O) groups is 1. The number of carbonyl (C=O) groups excluding carboxylic acids is 1. The molecular weight excluding hydrogens is 232 g/mol. The average molecular weight is 250 g/mol. The van der Waals surface area contributed by atoms with Gasteiger partial charge in [0.15, 0.2) is 5.82 Å². The maximum absolute atomic E-state index is 12.1. The van der Waals surface area contributed by atoms with Crippen LogP contribution in [0.4, 0.5) is 11.5 Å². The van der Waals surface area contributed by atoms with Crippen molar-refractivity contribution in [3.05, 3.63) is 6.33 Å². The normalized spacial score (nSPS) is 18.7. The summed E-state index contributed by atoms with van der Waals surface area (Å²) in [6, 6.07) is 0. The fourth-order valence-electron chi connectivity index (χ4n) is 2.07. The average Bonchev–Trinajstić information content (AvgIpc) is 2.49. The number of nitrogens with zero attached hydrogens (tertiary/aromatic N) is 2. The smallest absolute Gasteiger partial charge is 0.242 e. The van der Waals surface area contributed by atoms with Crippen LogP contribution in [0.15, 0.2) is 6.33 Å². The molecule has 98 valence electrons. The number of hydrogen-bond donors (Lipinski definition) is 2. The van der Waals surface area contributed by atoms with Gasteiger partial charge in [-0.15, -0.1) is 0 Å². The van der Waals surface area contributed by atoms with Crippen LogP contribution in [0.3, 0.4) is 0 Å². The number of rotatable bonds is 3. The minimum Gasteiger partial charge on any atom is -0.479 e. The van der Waals surface area contributed by atoms with E-state index in [1.807, 2.05) is 0 Å². The Balaban J connectivity index is 2.25. The van der Waals surface area contributed by atoms with Crippen molar-refractivity contribution < 1.29 is 9.53 Å². The van der Waals surface area contributed by atoms with Gasteiger partial charge in [-0.3, -0.25) is 4.79 Å². The summed E-state index contributed by atoms with van der Waals surface area (Å²) in [6.07, 6.45) is 2.25. The molecule has 0 bridgehead atoms. The lowest BCUT2D eigenvalue weighted by Gasteiger charge is -2.15. The SMILES string of the molecule is COc1ncnc2c1NC(=O)C(CC(C)C)CN2. The van der Waals surface area contributed by atoms with Crippen LogP contribution in [-0.4, -0.2) is 29.5 Å². The zero-order valence-electron chi connectivity index (χ0n) is 10.9. The maximum Gasteiger partial charge on any atom is 0.242 e. The van der Waals surface area contributed by atoms with Gasteiger partial charge in [0.25, 0.3) is 0 Å². The van der Waals surface area contributed by atoms with E-state index in [0.29, 0.717) is 29.8 Å². The number of anilines is 2. The number of amides is 1. The molecule has 0 fully saturated rings. The Morgan fingerprint density at radius 2 is 2.28 bits per heavy atom. The van der Waals surface area contributed by atoms with Gasteiger partial charge in [-0.25, -0.2) is 4.98 Å². The first-order valence-electron chi connectivity index (χ1n) is 6.05. The first-order chi connectivity index (χ1) is 8.61. The van der Waals surface area contributed by atoms with E-state index in [0.717, 1.165) is 6.42 Å². The highest BCUT2D eigenvalue weighted by atomic mass is 16.5. The molecule has 2 rings (SSSR count). The largest absolute Gasteiger partial charge is 0.479 e. The second kappa shape index (κ2) is 5.20. The first kappa shape index (κ1) is 12.6. The van der Waals surface area contributed by atoms with E-state index in [-0.39, 0.29) is 11.8 Å². The lowest BCUT2D eigenvalue weighted by atomic mass is 9.96. The molecule has 1 aromatic heterocycles. The van der Waals surface area contributed by atoms with Gasteiger partial charge in [-0.2, -0.15) is 4.98 Å². The van der Waals surface area contributed by atoms with Gasteiger partial charge >= 0.3 is 0 Å². The fourth-order valence-corrected chi connectivity index (χ4v) is 2.07. The molecule has 18 heavy (non-hydrogen) atoms. The van der Waals surface area contributed by atoms with E-state index in [4.69, 9.17) is 4.74 Å². The highest BCUT2D eigenvalue weighted by Crippen LogP contribution is 2.31. The van der Waals surface area contributed by atoms with E-state index in [1.54, 1.807) is 0 Å². The third-order valence-electron chi connectivity index (χ3n) is 2.90. The van der Waals surface area contributed by atoms with Crippen LogP contribution in [0.1, 0.15) is 20.3 Å². The van der Waals surface area contributed by atoms with E-state index < -0.39 is 0 Å². The molecule has 1 aliphatic heterocycles. The molecule has 6 nitrogen and oxygen atoms in total. The van der Waals surface area contributed by atoms with Crippen molar-refractivity contribution in [1.82, 2.24) is 9.97 Å². The number of methoxy groups -OCH3 is 1. The Morgan fingerprint density at radius 3 is 2.94 bits per heavy atom. The van der Waals surface area contributed by atoms with Crippen molar-refractivity contribution in [2.24, 2.45) is 11.8 Å². The molecule has 0 aromatic carbocycles.